The van der Waals surface area contributed by atoms with E-state index in [1.807, 2.05) is 0 Å². The first-order chi connectivity index (χ1) is 13.3. The van der Waals surface area contributed by atoms with Crippen LogP contribution >= 0.6 is 23.2 Å². The summed E-state index contributed by atoms with van der Waals surface area (Å²) in [5.74, 6) is 0.481. The van der Waals surface area contributed by atoms with Gasteiger partial charge in [0.2, 0.25) is 5.88 Å². The van der Waals surface area contributed by atoms with Crippen LogP contribution in [0, 0.1) is 0 Å². The smallest absolute Gasteiger partial charge is 0.261 e. The largest absolute Gasteiger partial charge is 0.446 e. The molecule has 7 nitrogen and oxygen atoms in total. The number of anilines is 2. The number of sulfonamides is 1. The predicted molar refractivity (Wildman–Crippen MR) is 110 cm³/mol. The zero-order valence-electron chi connectivity index (χ0n) is 14.2. The molecule has 4 rings (SSSR count). The van der Waals surface area contributed by atoms with Gasteiger partial charge in [-0.2, -0.15) is 0 Å². The highest BCUT2D eigenvalue weighted by Crippen LogP contribution is 2.34. The number of fused-ring (bicyclic) bond motifs is 1. The van der Waals surface area contributed by atoms with Crippen LogP contribution in [0.4, 0.5) is 17.3 Å². The summed E-state index contributed by atoms with van der Waals surface area (Å²) in [5, 5.41) is 0.446. The summed E-state index contributed by atoms with van der Waals surface area (Å²) in [7, 11) is -3.80. The molecule has 1 atom stereocenters. The summed E-state index contributed by atoms with van der Waals surface area (Å²) in [6, 6.07) is 12.6. The van der Waals surface area contributed by atoms with Crippen LogP contribution in [0.15, 0.2) is 69.1 Å². The number of hydrogen-bond donors (Lipinski definition) is 2. The van der Waals surface area contributed by atoms with Crippen molar-refractivity contribution in [2.45, 2.75) is 11.1 Å². The minimum atomic E-state index is -3.80. The molecule has 1 unspecified atom stereocenters. The molecule has 1 aromatic heterocycles. The zero-order chi connectivity index (χ0) is 19.9. The normalized spacial score (nSPS) is 16.1. The number of furan rings is 1. The molecule has 0 saturated carbocycles. The highest BCUT2D eigenvalue weighted by Gasteiger charge is 2.24. The fourth-order valence-electron chi connectivity index (χ4n) is 2.76. The molecule has 0 spiro atoms. The van der Waals surface area contributed by atoms with Gasteiger partial charge in [0, 0.05) is 11.4 Å². The first-order valence-corrected chi connectivity index (χ1v) is 10.3. The highest BCUT2D eigenvalue weighted by atomic mass is 35.5. The van der Waals surface area contributed by atoms with Gasteiger partial charge in [-0.3, -0.25) is 4.72 Å². The molecule has 3 N–H and O–H groups in total. The lowest BCUT2D eigenvalue weighted by Gasteiger charge is -2.29. The van der Waals surface area contributed by atoms with Crippen molar-refractivity contribution in [3.05, 3.63) is 70.4 Å². The van der Waals surface area contributed by atoms with Gasteiger partial charge >= 0.3 is 0 Å². The molecule has 2 aromatic carbocycles. The predicted octanol–water partition coefficient (Wildman–Crippen LogP) is 4.52. The molecule has 0 bridgehead atoms. The van der Waals surface area contributed by atoms with Gasteiger partial charge < -0.3 is 15.1 Å². The molecule has 1 aliphatic rings. The van der Waals surface area contributed by atoms with Crippen LogP contribution in [0.5, 0.6) is 0 Å². The summed E-state index contributed by atoms with van der Waals surface area (Å²) < 4.78 is 32.8. The molecule has 10 heteroatoms. The molecule has 1 aliphatic heterocycles. The monoisotopic (exact) mass is 436 g/mol. The third-order valence-corrected chi connectivity index (χ3v) is 6.33. The average Bonchev–Trinajstić information content (AvgIpc) is 3.14. The Morgan fingerprint density at radius 1 is 1.07 bits per heavy atom. The Balaban J connectivity index is 1.54. The fourth-order valence-corrected chi connectivity index (χ4v) is 4.21. The van der Waals surface area contributed by atoms with E-state index in [1.54, 1.807) is 41.6 Å². The third-order valence-electron chi connectivity index (χ3n) is 4.21. The summed E-state index contributed by atoms with van der Waals surface area (Å²) in [6.07, 6.45) is 2.66. The maximum atomic E-state index is 12.5. The van der Waals surface area contributed by atoms with E-state index < -0.39 is 16.2 Å². The van der Waals surface area contributed by atoms with Crippen molar-refractivity contribution >= 4 is 56.8 Å². The van der Waals surface area contributed by atoms with Crippen LogP contribution < -0.4 is 15.4 Å². The SMILES string of the molecule is NC1c2ccoc2N=CN1c1ccc(NS(=O)(=O)c2ccc(Cl)c(Cl)c2)cc1. The topological polar surface area (TPSA) is 101 Å². The van der Waals surface area contributed by atoms with E-state index in [0.29, 0.717) is 11.6 Å². The molecule has 0 saturated heterocycles. The van der Waals surface area contributed by atoms with Crippen molar-refractivity contribution < 1.29 is 12.8 Å². The van der Waals surface area contributed by atoms with E-state index in [-0.39, 0.29) is 14.9 Å². The zero-order valence-corrected chi connectivity index (χ0v) is 16.5. The minimum Gasteiger partial charge on any atom is -0.446 e. The van der Waals surface area contributed by atoms with E-state index in [0.717, 1.165) is 11.3 Å². The van der Waals surface area contributed by atoms with E-state index in [4.69, 9.17) is 33.4 Å². The molecule has 144 valence electrons. The number of hydrogen-bond acceptors (Lipinski definition) is 6. The first kappa shape index (κ1) is 18.8. The number of nitrogens with two attached hydrogens (primary N) is 1. The lowest BCUT2D eigenvalue weighted by atomic mass is 10.2. The number of halogens is 2. The Morgan fingerprint density at radius 3 is 2.54 bits per heavy atom. The summed E-state index contributed by atoms with van der Waals surface area (Å²) in [5.41, 5.74) is 8.16. The first-order valence-electron chi connectivity index (χ1n) is 8.08. The fraction of sp³-hybridized carbons (Fsp3) is 0.0556. The summed E-state index contributed by atoms with van der Waals surface area (Å²) >= 11 is 11.8. The molecule has 3 aromatic rings. The van der Waals surface area contributed by atoms with E-state index >= 15 is 0 Å². The van der Waals surface area contributed by atoms with Gasteiger partial charge in [0.25, 0.3) is 10.0 Å². The second-order valence-corrected chi connectivity index (χ2v) is 8.50. The maximum Gasteiger partial charge on any atom is 0.261 e. The Hall–Kier alpha value is -2.52. The standard InChI is InChI=1S/C18H14Cl2N4O3S/c19-15-6-5-13(9-16(15)20)28(25,26)23-11-1-3-12(4-2-11)24-10-22-18-14(17(24)21)7-8-27-18/h1-10,17,23H,21H2. The van der Waals surface area contributed by atoms with Gasteiger partial charge in [-0.05, 0) is 48.5 Å². The van der Waals surface area contributed by atoms with E-state index in [9.17, 15) is 8.42 Å². The maximum absolute atomic E-state index is 12.5. The lowest BCUT2D eigenvalue weighted by Crippen LogP contribution is -2.35. The molecule has 0 fully saturated rings. The Bertz CT molecular complexity index is 1160. The minimum absolute atomic E-state index is 0.0173. The Kier molecular flexibility index (Phi) is 4.80. The molecule has 0 radical (unpaired) electrons. The van der Waals surface area contributed by atoms with E-state index in [2.05, 4.69) is 9.71 Å². The number of nitrogens with one attached hydrogen (secondary N) is 1. The van der Waals surface area contributed by atoms with Gasteiger partial charge in [-0.15, -0.1) is 0 Å². The van der Waals surface area contributed by atoms with Crippen LogP contribution in [0.2, 0.25) is 10.0 Å². The Morgan fingerprint density at radius 2 is 1.82 bits per heavy atom. The highest BCUT2D eigenvalue weighted by molar-refractivity contribution is 7.92. The quantitative estimate of drug-likeness (QED) is 0.625. The van der Waals surface area contributed by atoms with Crippen LogP contribution in [0.3, 0.4) is 0 Å². The molecular formula is C18H14Cl2N4O3S. The molecule has 0 amide bonds. The molecule has 28 heavy (non-hydrogen) atoms. The second-order valence-electron chi connectivity index (χ2n) is 6.01. The second kappa shape index (κ2) is 7.14. The van der Waals surface area contributed by atoms with Crippen molar-refractivity contribution in [1.29, 1.82) is 0 Å². The van der Waals surface area contributed by atoms with Crippen LogP contribution in [0.1, 0.15) is 11.7 Å². The van der Waals surface area contributed by atoms with Crippen molar-refractivity contribution in [3.8, 4) is 0 Å². The number of nitrogens with zero attached hydrogens (tertiary/aromatic N) is 2. The molecule has 0 aliphatic carbocycles. The van der Waals surface area contributed by atoms with E-state index in [1.165, 1.54) is 24.5 Å². The summed E-state index contributed by atoms with van der Waals surface area (Å²) in [6.45, 7) is 0. The van der Waals surface area contributed by atoms with Gasteiger partial charge in [-0.1, -0.05) is 23.2 Å². The van der Waals surface area contributed by atoms with Gasteiger partial charge in [-0.25, -0.2) is 13.4 Å². The van der Waals surface area contributed by atoms with Crippen LogP contribution in [-0.2, 0) is 10.0 Å². The Labute approximate surface area is 171 Å². The lowest BCUT2D eigenvalue weighted by molar-refractivity contribution is 0.567. The molecule has 2 heterocycles. The summed E-state index contributed by atoms with van der Waals surface area (Å²) in [4.78, 5) is 5.99. The molecular weight excluding hydrogens is 423 g/mol. The van der Waals surface area contributed by atoms with Crippen molar-refractivity contribution in [1.82, 2.24) is 0 Å². The number of rotatable bonds is 4. The van der Waals surface area contributed by atoms with Crippen molar-refractivity contribution in [2.75, 3.05) is 9.62 Å². The average molecular weight is 437 g/mol. The van der Waals surface area contributed by atoms with Gasteiger partial charge in [0.15, 0.2) is 0 Å². The van der Waals surface area contributed by atoms with Crippen LogP contribution in [-0.4, -0.2) is 14.8 Å². The van der Waals surface area contributed by atoms with Crippen LogP contribution in [0.25, 0.3) is 0 Å². The van der Waals surface area contributed by atoms with Crippen molar-refractivity contribution in [2.24, 2.45) is 10.7 Å². The number of aliphatic imine (C=N–C) groups is 1. The van der Waals surface area contributed by atoms with Gasteiger partial charge in [0.05, 0.1) is 26.8 Å². The number of benzene rings is 2. The third kappa shape index (κ3) is 3.47. The van der Waals surface area contributed by atoms with Crippen molar-refractivity contribution in [3.63, 3.8) is 0 Å². The van der Waals surface area contributed by atoms with Gasteiger partial charge in [0.1, 0.15) is 12.5 Å².